The second-order valence-corrected chi connectivity index (χ2v) is 4.99. The molecule has 0 bridgehead atoms. The van der Waals surface area contributed by atoms with Gasteiger partial charge in [0.25, 0.3) is 0 Å². The SMILES string of the molecule is COc1ccc(CCC(F)C2CCNCC2)cc1. The van der Waals surface area contributed by atoms with Crippen LogP contribution in [0.3, 0.4) is 0 Å². The van der Waals surface area contributed by atoms with E-state index in [0.29, 0.717) is 6.42 Å². The molecule has 3 heteroatoms. The highest BCUT2D eigenvalue weighted by Crippen LogP contribution is 2.23. The molecule has 1 aliphatic rings. The van der Waals surface area contributed by atoms with Gasteiger partial charge in [-0.1, -0.05) is 12.1 Å². The van der Waals surface area contributed by atoms with Crippen LogP contribution in [-0.2, 0) is 6.42 Å². The zero-order chi connectivity index (χ0) is 12.8. The minimum absolute atomic E-state index is 0.254. The van der Waals surface area contributed by atoms with Crippen molar-refractivity contribution in [3.05, 3.63) is 29.8 Å². The molecule has 0 amide bonds. The van der Waals surface area contributed by atoms with Crippen LogP contribution in [0.4, 0.5) is 4.39 Å². The van der Waals surface area contributed by atoms with Crippen molar-refractivity contribution >= 4 is 0 Å². The Morgan fingerprint density at radius 1 is 1.28 bits per heavy atom. The number of halogens is 1. The average Bonchev–Trinajstić information content (AvgIpc) is 2.46. The van der Waals surface area contributed by atoms with Gasteiger partial charge in [-0.15, -0.1) is 0 Å². The molecule has 1 aromatic carbocycles. The van der Waals surface area contributed by atoms with Gasteiger partial charge in [-0.25, -0.2) is 4.39 Å². The summed E-state index contributed by atoms with van der Waals surface area (Å²) in [7, 11) is 1.66. The molecule has 1 fully saturated rings. The zero-order valence-corrected chi connectivity index (χ0v) is 11.0. The quantitative estimate of drug-likeness (QED) is 0.868. The molecule has 1 saturated heterocycles. The van der Waals surface area contributed by atoms with Crippen LogP contribution in [0.1, 0.15) is 24.8 Å². The van der Waals surface area contributed by atoms with E-state index >= 15 is 0 Å². The maximum atomic E-state index is 14.1. The van der Waals surface area contributed by atoms with E-state index in [0.717, 1.165) is 38.1 Å². The van der Waals surface area contributed by atoms with Crippen LogP contribution in [-0.4, -0.2) is 26.4 Å². The number of hydrogen-bond acceptors (Lipinski definition) is 2. The summed E-state index contributed by atoms with van der Waals surface area (Å²) >= 11 is 0. The first-order valence-corrected chi connectivity index (χ1v) is 6.77. The Morgan fingerprint density at radius 3 is 2.56 bits per heavy atom. The topological polar surface area (TPSA) is 21.3 Å². The third-order valence-electron chi connectivity index (χ3n) is 3.76. The van der Waals surface area contributed by atoms with Crippen molar-refractivity contribution in [1.82, 2.24) is 5.32 Å². The van der Waals surface area contributed by atoms with Crippen LogP contribution in [0.5, 0.6) is 5.75 Å². The summed E-state index contributed by atoms with van der Waals surface area (Å²) in [6.45, 7) is 1.93. The fourth-order valence-electron chi connectivity index (χ4n) is 2.54. The monoisotopic (exact) mass is 251 g/mol. The normalized spacial score (nSPS) is 18.6. The highest BCUT2D eigenvalue weighted by atomic mass is 19.1. The summed E-state index contributed by atoms with van der Waals surface area (Å²) in [5, 5.41) is 3.28. The molecule has 1 aromatic rings. The molecular weight excluding hydrogens is 229 g/mol. The largest absolute Gasteiger partial charge is 0.497 e. The molecule has 2 nitrogen and oxygen atoms in total. The lowest BCUT2D eigenvalue weighted by Crippen LogP contribution is -2.32. The third-order valence-corrected chi connectivity index (χ3v) is 3.76. The second-order valence-electron chi connectivity index (χ2n) is 4.99. The summed E-state index contributed by atoms with van der Waals surface area (Å²) in [5.41, 5.74) is 1.19. The Labute approximate surface area is 109 Å². The highest BCUT2D eigenvalue weighted by Gasteiger charge is 2.22. The summed E-state index contributed by atoms with van der Waals surface area (Å²) < 4.78 is 19.2. The van der Waals surface area contributed by atoms with Gasteiger partial charge in [0.05, 0.1) is 7.11 Å². The molecule has 1 aliphatic heterocycles. The molecule has 0 aromatic heterocycles. The molecular formula is C15H22FNO. The fourth-order valence-corrected chi connectivity index (χ4v) is 2.54. The number of ether oxygens (including phenoxy) is 1. The van der Waals surface area contributed by atoms with Crippen LogP contribution in [0.15, 0.2) is 24.3 Å². The van der Waals surface area contributed by atoms with Gasteiger partial charge in [0, 0.05) is 0 Å². The minimum atomic E-state index is -0.658. The van der Waals surface area contributed by atoms with E-state index in [4.69, 9.17) is 4.74 Å². The molecule has 1 N–H and O–H groups in total. The first-order chi connectivity index (χ1) is 8.79. The highest BCUT2D eigenvalue weighted by molar-refractivity contribution is 5.27. The summed E-state index contributed by atoms with van der Waals surface area (Å²) in [5.74, 6) is 1.11. The van der Waals surface area contributed by atoms with Crippen LogP contribution in [0.2, 0.25) is 0 Å². The predicted octanol–water partition coefficient (Wildman–Crippen LogP) is 2.97. The molecule has 0 saturated carbocycles. The van der Waals surface area contributed by atoms with Crippen molar-refractivity contribution < 1.29 is 9.13 Å². The minimum Gasteiger partial charge on any atom is -0.497 e. The third kappa shape index (κ3) is 3.70. The van der Waals surface area contributed by atoms with Gasteiger partial charge in [0.1, 0.15) is 11.9 Å². The Hall–Kier alpha value is -1.09. The Balaban J connectivity index is 1.78. The van der Waals surface area contributed by atoms with Crippen LogP contribution in [0, 0.1) is 5.92 Å². The molecule has 0 radical (unpaired) electrons. The van der Waals surface area contributed by atoms with Crippen molar-refractivity contribution in [2.75, 3.05) is 20.2 Å². The number of rotatable bonds is 5. The van der Waals surface area contributed by atoms with E-state index in [2.05, 4.69) is 5.32 Å². The second kappa shape index (κ2) is 6.74. The summed E-state index contributed by atoms with van der Waals surface area (Å²) in [6.07, 6.45) is 2.74. The van der Waals surface area contributed by atoms with Crippen molar-refractivity contribution in [2.45, 2.75) is 31.9 Å². The lowest BCUT2D eigenvalue weighted by Gasteiger charge is -2.25. The van der Waals surface area contributed by atoms with Crippen molar-refractivity contribution in [2.24, 2.45) is 5.92 Å². The van der Waals surface area contributed by atoms with Crippen molar-refractivity contribution in [1.29, 1.82) is 0 Å². The van der Waals surface area contributed by atoms with Crippen LogP contribution < -0.4 is 10.1 Å². The van der Waals surface area contributed by atoms with Gasteiger partial charge in [-0.3, -0.25) is 0 Å². The molecule has 0 spiro atoms. The van der Waals surface area contributed by atoms with E-state index in [9.17, 15) is 4.39 Å². The standard InChI is InChI=1S/C15H22FNO/c1-18-14-5-2-12(3-6-14)4-7-15(16)13-8-10-17-11-9-13/h2-3,5-6,13,15,17H,4,7-11H2,1H3. The predicted molar refractivity (Wildman–Crippen MR) is 71.8 cm³/mol. The van der Waals surface area contributed by atoms with Crippen LogP contribution in [0.25, 0.3) is 0 Å². The first-order valence-electron chi connectivity index (χ1n) is 6.77. The van der Waals surface area contributed by atoms with Gasteiger partial charge < -0.3 is 10.1 Å². The number of methoxy groups -OCH3 is 1. The fraction of sp³-hybridized carbons (Fsp3) is 0.600. The molecule has 18 heavy (non-hydrogen) atoms. The first kappa shape index (κ1) is 13.3. The maximum Gasteiger partial charge on any atom is 0.118 e. The van der Waals surface area contributed by atoms with E-state index in [1.54, 1.807) is 7.11 Å². The van der Waals surface area contributed by atoms with E-state index < -0.39 is 6.17 Å². The number of aryl methyl sites for hydroxylation is 1. The summed E-state index contributed by atoms with van der Waals surface area (Å²) in [6, 6.07) is 7.92. The average molecular weight is 251 g/mol. The molecule has 1 heterocycles. The molecule has 0 aliphatic carbocycles. The van der Waals surface area contributed by atoms with Crippen molar-refractivity contribution in [3.8, 4) is 5.75 Å². The number of piperidine rings is 1. The molecule has 100 valence electrons. The number of nitrogens with one attached hydrogen (secondary N) is 1. The van der Waals surface area contributed by atoms with Crippen LogP contribution >= 0.6 is 0 Å². The molecule has 2 rings (SSSR count). The smallest absolute Gasteiger partial charge is 0.118 e. The number of hydrogen-bond donors (Lipinski definition) is 1. The number of benzene rings is 1. The summed E-state index contributed by atoms with van der Waals surface area (Å²) in [4.78, 5) is 0. The zero-order valence-electron chi connectivity index (χ0n) is 11.0. The van der Waals surface area contributed by atoms with Gasteiger partial charge in [0.15, 0.2) is 0 Å². The van der Waals surface area contributed by atoms with Gasteiger partial charge in [-0.05, 0) is 62.4 Å². The van der Waals surface area contributed by atoms with E-state index in [-0.39, 0.29) is 5.92 Å². The van der Waals surface area contributed by atoms with Crippen molar-refractivity contribution in [3.63, 3.8) is 0 Å². The Morgan fingerprint density at radius 2 is 1.94 bits per heavy atom. The Kier molecular flexibility index (Phi) is 5.00. The molecule has 1 unspecified atom stereocenters. The number of alkyl halides is 1. The lowest BCUT2D eigenvalue weighted by molar-refractivity contribution is 0.178. The lowest BCUT2D eigenvalue weighted by atomic mass is 9.90. The van der Waals surface area contributed by atoms with Gasteiger partial charge in [0.2, 0.25) is 0 Å². The maximum absolute atomic E-state index is 14.1. The van der Waals surface area contributed by atoms with E-state index in [1.807, 2.05) is 24.3 Å². The molecule has 1 atom stereocenters. The Bertz CT molecular complexity index is 346. The van der Waals surface area contributed by atoms with E-state index in [1.165, 1.54) is 5.56 Å². The van der Waals surface area contributed by atoms with Gasteiger partial charge in [-0.2, -0.15) is 0 Å². The van der Waals surface area contributed by atoms with Gasteiger partial charge >= 0.3 is 0 Å².